The van der Waals surface area contributed by atoms with E-state index in [2.05, 4.69) is 25.7 Å². The van der Waals surface area contributed by atoms with E-state index in [1.807, 2.05) is 7.05 Å². The number of nitroso groups, excluding NO2 is 1. The Kier molecular flexibility index (Phi) is 8.72. The van der Waals surface area contributed by atoms with Crippen molar-refractivity contribution in [3.05, 3.63) is 52.9 Å². The van der Waals surface area contributed by atoms with Crippen LogP contribution in [0, 0.1) is 16.6 Å². The maximum atomic E-state index is 15.0. The number of halogens is 2. The molecule has 1 aromatic carbocycles. The van der Waals surface area contributed by atoms with Gasteiger partial charge >= 0.3 is 0 Å². The topological polar surface area (TPSA) is 136 Å². The molecule has 0 radical (unpaired) electrons. The number of piperazine rings is 1. The van der Waals surface area contributed by atoms with Gasteiger partial charge in [-0.25, -0.2) is 8.78 Å². The molecule has 204 valence electrons. The number of hydrogen-bond acceptors (Lipinski definition) is 9. The van der Waals surface area contributed by atoms with Crippen LogP contribution >= 0.6 is 0 Å². The van der Waals surface area contributed by atoms with Gasteiger partial charge in [-0.05, 0) is 31.8 Å². The predicted octanol–water partition coefficient (Wildman–Crippen LogP) is 1.08. The van der Waals surface area contributed by atoms with Crippen LogP contribution in [0.5, 0.6) is 0 Å². The van der Waals surface area contributed by atoms with E-state index in [1.54, 1.807) is 41.1 Å². The van der Waals surface area contributed by atoms with Crippen molar-refractivity contribution in [3.63, 3.8) is 0 Å². The van der Waals surface area contributed by atoms with Crippen molar-refractivity contribution in [1.29, 1.82) is 0 Å². The number of benzene rings is 1. The summed E-state index contributed by atoms with van der Waals surface area (Å²) in [6.07, 6.45) is -1.05. The number of anilines is 1. The third kappa shape index (κ3) is 6.01. The molecule has 4 rings (SSSR count). The first-order valence-electron chi connectivity index (χ1n) is 12.4. The van der Waals surface area contributed by atoms with Gasteiger partial charge in [0.25, 0.3) is 5.91 Å². The third-order valence-electron chi connectivity index (χ3n) is 7.01. The molecule has 2 aliphatic rings. The molecule has 0 bridgehead atoms. The van der Waals surface area contributed by atoms with Gasteiger partial charge in [-0.3, -0.25) is 24.8 Å². The van der Waals surface area contributed by atoms with E-state index in [4.69, 9.17) is 5.73 Å². The van der Waals surface area contributed by atoms with E-state index in [0.717, 1.165) is 19.3 Å². The van der Waals surface area contributed by atoms with Crippen LogP contribution in [0.2, 0.25) is 0 Å². The molecule has 1 aromatic heterocycles. The van der Waals surface area contributed by atoms with Gasteiger partial charge in [-0.2, -0.15) is 0 Å². The van der Waals surface area contributed by atoms with Crippen LogP contribution in [0.1, 0.15) is 10.4 Å². The molecule has 0 saturated carbocycles. The van der Waals surface area contributed by atoms with Gasteiger partial charge in [0.2, 0.25) is 5.91 Å². The van der Waals surface area contributed by atoms with Gasteiger partial charge in [0.05, 0.1) is 24.2 Å². The summed E-state index contributed by atoms with van der Waals surface area (Å²) in [6, 6.07) is 6.44. The average molecular weight is 531 g/mol. The Morgan fingerprint density at radius 1 is 1.16 bits per heavy atom. The van der Waals surface area contributed by atoms with Crippen molar-refractivity contribution in [3.8, 4) is 11.1 Å². The summed E-state index contributed by atoms with van der Waals surface area (Å²) in [5.41, 5.74) is 6.87. The largest absolute Gasteiger partial charge is 0.336 e. The first kappa shape index (κ1) is 27.6. The highest BCUT2D eigenvalue weighted by Gasteiger charge is 2.40. The Morgan fingerprint density at radius 2 is 1.84 bits per heavy atom. The summed E-state index contributed by atoms with van der Waals surface area (Å²) in [5.74, 6) is -2.69. The summed E-state index contributed by atoms with van der Waals surface area (Å²) in [4.78, 5) is 46.8. The van der Waals surface area contributed by atoms with Gasteiger partial charge < -0.3 is 20.9 Å². The van der Waals surface area contributed by atoms with Gasteiger partial charge in [0.1, 0.15) is 12.1 Å². The predicted molar refractivity (Wildman–Crippen MR) is 138 cm³/mol. The Bertz CT molecular complexity index is 1160. The lowest BCUT2D eigenvalue weighted by Crippen LogP contribution is -2.62. The van der Waals surface area contributed by atoms with Gasteiger partial charge in [0.15, 0.2) is 12.0 Å². The smallest absolute Gasteiger partial charge is 0.253 e. The maximum absolute atomic E-state index is 15.0. The summed E-state index contributed by atoms with van der Waals surface area (Å²) in [7, 11) is 3.60. The molecule has 2 saturated heterocycles. The second-order valence-electron chi connectivity index (χ2n) is 9.72. The summed E-state index contributed by atoms with van der Waals surface area (Å²) >= 11 is 0. The lowest BCUT2D eigenvalue weighted by atomic mass is 9.97. The number of nitrogens with zero attached hydrogens (tertiary/aromatic N) is 5. The first-order chi connectivity index (χ1) is 18.2. The molecule has 2 amide bonds. The minimum Gasteiger partial charge on any atom is -0.336 e. The summed E-state index contributed by atoms with van der Waals surface area (Å²) in [6.45, 7) is 2.86. The zero-order valence-electron chi connectivity index (χ0n) is 21.3. The highest BCUT2D eigenvalue weighted by atomic mass is 19.1. The zero-order valence-corrected chi connectivity index (χ0v) is 21.3. The highest BCUT2D eigenvalue weighted by Crippen LogP contribution is 2.31. The first-order valence-corrected chi connectivity index (χ1v) is 12.4. The molecule has 4 N–H and O–H groups in total. The Labute approximate surface area is 219 Å². The molecule has 2 aliphatic heterocycles. The molecule has 4 unspecified atom stereocenters. The Balaban J connectivity index is 1.56. The van der Waals surface area contributed by atoms with Crippen molar-refractivity contribution in [2.24, 2.45) is 16.8 Å². The number of aromatic nitrogens is 1. The van der Waals surface area contributed by atoms with Crippen LogP contribution in [0.4, 0.5) is 14.5 Å². The molecule has 2 fully saturated rings. The Morgan fingerprint density at radius 3 is 2.47 bits per heavy atom. The minimum absolute atomic E-state index is 0.0175. The molecule has 3 heterocycles. The van der Waals surface area contributed by atoms with Crippen LogP contribution in [-0.2, 0) is 4.79 Å². The SMILES string of the molecule is CN1CCN(C(=O)c2ccc(-c3c(F)cncc3NC(=O)C(C(N)N=O)C3NCC(F)CN3C)cc2)CC1. The van der Waals surface area contributed by atoms with Crippen LogP contribution in [0.25, 0.3) is 11.1 Å². The van der Waals surface area contributed by atoms with Crippen molar-refractivity contribution >= 4 is 17.5 Å². The fourth-order valence-corrected chi connectivity index (χ4v) is 4.86. The van der Waals surface area contributed by atoms with Crippen molar-refractivity contribution < 1.29 is 18.4 Å². The molecular formula is C25H32F2N8O3. The number of alkyl halides is 1. The molecule has 4 atom stereocenters. The lowest BCUT2D eigenvalue weighted by Gasteiger charge is -2.39. The van der Waals surface area contributed by atoms with Crippen LogP contribution in [0.3, 0.4) is 0 Å². The molecular weight excluding hydrogens is 498 g/mol. The number of hydrogen-bond donors (Lipinski definition) is 3. The van der Waals surface area contributed by atoms with Gasteiger partial charge in [-0.15, -0.1) is 4.91 Å². The number of nitrogens with two attached hydrogens (primary N) is 1. The number of rotatable bonds is 7. The van der Waals surface area contributed by atoms with Crippen LogP contribution < -0.4 is 16.4 Å². The number of pyridine rings is 1. The molecule has 2 aromatic rings. The fourth-order valence-electron chi connectivity index (χ4n) is 4.86. The number of nitrogens with one attached hydrogen (secondary N) is 2. The van der Waals surface area contributed by atoms with Crippen LogP contribution in [0.15, 0.2) is 41.8 Å². The van der Waals surface area contributed by atoms with E-state index in [1.165, 1.54) is 6.20 Å². The van der Waals surface area contributed by atoms with Gasteiger partial charge in [-0.1, -0.05) is 17.3 Å². The Hall–Kier alpha value is -3.39. The number of likely N-dealkylation sites (N-methyl/N-ethyl adjacent to an activating group) is 1. The van der Waals surface area contributed by atoms with E-state index < -0.39 is 36.1 Å². The summed E-state index contributed by atoms with van der Waals surface area (Å²) < 4.78 is 28.8. The van der Waals surface area contributed by atoms with Crippen LogP contribution in [-0.4, -0.2) is 103 Å². The van der Waals surface area contributed by atoms with Crippen molar-refractivity contribution in [2.75, 3.05) is 58.7 Å². The van der Waals surface area contributed by atoms with E-state index in [-0.39, 0.29) is 30.2 Å². The fraction of sp³-hybridized carbons (Fsp3) is 0.480. The molecule has 13 heteroatoms. The average Bonchev–Trinajstić information content (AvgIpc) is 2.90. The maximum Gasteiger partial charge on any atom is 0.253 e. The normalized spacial score (nSPS) is 22.5. The van der Waals surface area contributed by atoms with E-state index in [9.17, 15) is 18.9 Å². The van der Waals surface area contributed by atoms with E-state index >= 15 is 4.39 Å². The molecule has 11 nitrogen and oxygen atoms in total. The molecule has 0 spiro atoms. The standard InChI is InChI=1S/C25H32F2N8O3/c1-33-7-9-35(10-8-33)25(37)16-5-3-15(4-6-16)20-18(27)12-29-13-19(20)31-24(36)21(22(28)32-38)23-30-11-17(26)14-34(23)2/h3-6,12-13,17,21-23,30H,7-11,14,28H2,1-2H3,(H,31,36). The van der Waals surface area contributed by atoms with Gasteiger partial charge in [0, 0.05) is 50.4 Å². The number of carbonyl (C=O) groups is 2. The molecule has 0 aliphatic carbocycles. The monoisotopic (exact) mass is 530 g/mol. The van der Waals surface area contributed by atoms with Crippen molar-refractivity contribution in [2.45, 2.75) is 18.5 Å². The lowest BCUT2D eigenvalue weighted by molar-refractivity contribution is -0.124. The highest BCUT2D eigenvalue weighted by molar-refractivity contribution is 5.98. The summed E-state index contributed by atoms with van der Waals surface area (Å²) in [5, 5.41) is 8.34. The minimum atomic E-state index is -1.43. The van der Waals surface area contributed by atoms with E-state index in [0.29, 0.717) is 24.2 Å². The quantitative estimate of drug-likeness (QED) is 0.453. The number of carbonyl (C=O) groups excluding carboxylic acids is 2. The second-order valence-corrected chi connectivity index (χ2v) is 9.72. The van der Waals surface area contributed by atoms with Crippen molar-refractivity contribution in [1.82, 2.24) is 25.0 Å². The zero-order chi connectivity index (χ0) is 27.4. The molecule has 38 heavy (non-hydrogen) atoms. The number of amides is 2. The third-order valence-corrected chi connectivity index (χ3v) is 7.01. The second kappa shape index (κ2) is 12.0.